The van der Waals surface area contributed by atoms with Crippen LogP contribution in [0.3, 0.4) is 0 Å². The minimum Gasteiger partial charge on any atom is -0.374 e. The Labute approximate surface area is 172 Å². The van der Waals surface area contributed by atoms with Crippen molar-refractivity contribution in [2.75, 3.05) is 13.2 Å². The SMILES string of the molecule is CCCCCCCC(CCCCCC)C(C)(C)NCCOC(C)(C)C(C)C. The van der Waals surface area contributed by atoms with Crippen LogP contribution < -0.4 is 5.32 Å². The normalized spacial score (nSPS) is 14.1. The third-order valence-corrected chi connectivity index (χ3v) is 6.63. The molecule has 2 nitrogen and oxygen atoms in total. The van der Waals surface area contributed by atoms with E-state index < -0.39 is 0 Å². The summed E-state index contributed by atoms with van der Waals surface area (Å²) in [4.78, 5) is 0. The molecular weight excluding hydrogens is 330 g/mol. The number of ether oxygens (including phenoxy) is 1. The van der Waals surface area contributed by atoms with Crippen LogP contribution >= 0.6 is 0 Å². The summed E-state index contributed by atoms with van der Waals surface area (Å²) in [5, 5.41) is 3.84. The van der Waals surface area contributed by atoms with E-state index in [0.717, 1.165) is 19.1 Å². The summed E-state index contributed by atoms with van der Waals surface area (Å²) in [5.41, 5.74) is 0.160. The largest absolute Gasteiger partial charge is 0.374 e. The van der Waals surface area contributed by atoms with Crippen LogP contribution in [0.2, 0.25) is 0 Å². The van der Waals surface area contributed by atoms with Crippen LogP contribution in [0.4, 0.5) is 0 Å². The van der Waals surface area contributed by atoms with E-state index in [4.69, 9.17) is 4.74 Å². The molecule has 0 aliphatic heterocycles. The van der Waals surface area contributed by atoms with Crippen molar-refractivity contribution >= 4 is 0 Å². The second kappa shape index (κ2) is 14.9. The smallest absolute Gasteiger partial charge is 0.0649 e. The third-order valence-electron chi connectivity index (χ3n) is 6.63. The maximum Gasteiger partial charge on any atom is 0.0649 e. The Morgan fingerprint density at radius 1 is 0.741 bits per heavy atom. The zero-order chi connectivity index (χ0) is 20.8. The van der Waals surface area contributed by atoms with E-state index >= 15 is 0 Å². The molecule has 0 aromatic carbocycles. The predicted octanol–water partition coefficient (Wildman–Crippen LogP) is 7.75. The molecule has 0 saturated heterocycles. The fourth-order valence-corrected chi connectivity index (χ4v) is 3.68. The molecule has 0 fully saturated rings. The Balaban J connectivity index is 4.44. The maximum absolute atomic E-state index is 6.14. The van der Waals surface area contributed by atoms with Crippen LogP contribution in [0, 0.1) is 11.8 Å². The quantitative estimate of drug-likeness (QED) is 0.244. The second-order valence-electron chi connectivity index (χ2n) is 10.0. The lowest BCUT2D eigenvalue weighted by Gasteiger charge is -2.37. The summed E-state index contributed by atoms with van der Waals surface area (Å²) in [6.07, 6.45) is 15.2. The fraction of sp³-hybridized carbons (Fsp3) is 1.00. The molecular formula is C25H53NO. The highest BCUT2D eigenvalue weighted by Gasteiger charge is 2.28. The van der Waals surface area contributed by atoms with Gasteiger partial charge >= 0.3 is 0 Å². The number of hydrogen-bond donors (Lipinski definition) is 1. The fourth-order valence-electron chi connectivity index (χ4n) is 3.68. The molecule has 0 rings (SSSR count). The molecule has 0 aromatic rings. The Kier molecular flexibility index (Phi) is 14.8. The first-order chi connectivity index (χ1) is 12.7. The second-order valence-corrected chi connectivity index (χ2v) is 10.0. The van der Waals surface area contributed by atoms with Gasteiger partial charge in [-0.25, -0.2) is 0 Å². The minimum absolute atomic E-state index is 0.0370. The van der Waals surface area contributed by atoms with Crippen LogP contribution in [-0.4, -0.2) is 24.3 Å². The maximum atomic E-state index is 6.14. The minimum atomic E-state index is -0.0370. The lowest BCUT2D eigenvalue weighted by Crippen LogP contribution is -2.48. The van der Waals surface area contributed by atoms with Gasteiger partial charge in [0, 0.05) is 12.1 Å². The van der Waals surface area contributed by atoms with Crippen molar-refractivity contribution in [1.29, 1.82) is 0 Å². The van der Waals surface area contributed by atoms with Crippen molar-refractivity contribution in [3.05, 3.63) is 0 Å². The average Bonchev–Trinajstić information content (AvgIpc) is 2.60. The van der Waals surface area contributed by atoms with Crippen molar-refractivity contribution in [3.63, 3.8) is 0 Å². The van der Waals surface area contributed by atoms with E-state index in [-0.39, 0.29) is 11.1 Å². The predicted molar refractivity (Wildman–Crippen MR) is 123 cm³/mol. The highest BCUT2D eigenvalue weighted by molar-refractivity contribution is 4.86. The summed E-state index contributed by atoms with van der Waals surface area (Å²) >= 11 is 0. The summed E-state index contributed by atoms with van der Waals surface area (Å²) in [6.45, 7) is 20.1. The zero-order valence-corrected chi connectivity index (χ0v) is 20.3. The summed E-state index contributed by atoms with van der Waals surface area (Å²) in [7, 11) is 0. The molecule has 0 aromatic heterocycles. The highest BCUT2D eigenvalue weighted by Crippen LogP contribution is 2.29. The van der Waals surface area contributed by atoms with Gasteiger partial charge in [-0.1, -0.05) is 85.5 Å². The van der Waals surface area contributed by atoms with E-state index in [0.29, 0.717) is 5.92 Å². The summed E-state index contributed by atoms with van der Waals surface area (Å²) < 4.78 is 6.14. The van der Waals surface area contributed by atoms with Crippen molar-refractivity contribution in [2.45, 2.75) is 137 Å². The van der Waals surface area contributed by atoms with Gasteiger partial charge in [-0.3, -0.25) is 0 Å². The molecule has 0 aliphatic rings. The lowest BCUT2D eigenvalue weighted by molar-refractivity contribution is -0.0504. The van der Waals surface area contributed by atoms with Gasteiger partial charge in [0.2, 0.25) is 0 Å². The standard InChI is InChI=1S/C25H53NO/c1-9-11-13-15-17-19-23(18-16-14-12-10-2)24(5,6)26-20-21-27-25(7,8)22(3)4/h22-23,26H,9-21H2,1-8H3. The molecule has 0 saturated carbocycles. The van der Waals surface area contributed by atoms with Crippen molar-refractivity contribution < 1.29 is 4.74 Å². The Morgan fingerprint density at radius 2 is 1.22 bits per heavy atom. The molecule has 2 heteroatoms. The summed E-state index contributed by atoms with van der Waals surface area (Å²) in [6, 6.07) is 0. The molecule has 0 aliphatic carbocycles. The Bertz CT molecular complexity index is 335. The number of rotatable bonds is 18. The van der Waals surface area contributed by atoms with Crippen LogP contribution in [0.25, 0.3) is 0 Å². The molecule has 1 N–H and O–H groups in total. The van der Waals surface area contributed by atoms with Crippen molar-refractivity contribution in [1.82, 2.24) is 5.32 Å². The topological polar surface area (TPSA) is 21.3 Å². The van der Waals surface area contributed by atoms with Gasteiger partial charge in [0.1, 0.15) is 0 Å². The van der Waals surface area contributed by atoms with Gasteiger partial charge in [-0.15, -0.1) is 0 Å². The first-order valence-corrected chi connectivity index (χ1v) is 12.1. The highest BCUT2D eigenvalue weighted by atomic mass is 16.5. The molecule has 27 heavy (non-hydrogen) atoms. The van der Waals surface area contributed by atoms with Crippen LogP contribution in [-0.2, 0) is 4.74 Å². The van der Waals surface area contributed by atoms with Crippen LogP contribution in [0.15, 0.2) is 0 Å². The number of nitrogens with one attached hydrogen (secondary N) is 1. The van der Waals surface area contributed by atoms with Crippen LogP contribution in [0.5, 0.6) is 0 Å². The van der Waals surface area contributed by atoms with E-state index in [1.807, 2.05) is 0 Å². The van der Waals surface area contributed by atoms with Gasteiger partial charge < -0.3 is 10.1 Å². The number of unbranched alkanes of at least 4 members (excludes halogenated alkanes) is 7. The van der Waals surface area contributed by atoms with Crippen LogP contribution in [0.1, 0.15) is 126 Å². The van der Waals surface area contributed by atoms with E-state index in [2.05, 4.69) is 60.7 Å². The monoisotopic (exact) mass is 383 g/mol. The number of hydrogen-bond acceptors (Lipinski definition) is 2. The molecule has 1 atom stereocenters. The van der Waals surface area contributed by atoms with E-state index in [9.17, 15) is 0 Å². The molecule has 0 spiro atoms. The molecule has 0 bridgehead atoms. The zero-order valence-electron chi connectivity index (χ0n) is 20.3. The van der Waals surface area contributed by atoms with Gasteiger partial charge in [-0.2, -0.15) is 0 Å². The van der Waals surface area contributed by atoms with Crippen molar-refractivity contribution in [3.8, 4) is 0 Å². The average molecular weight is 384 g/mol. The molecule has 0 radical (unpaired) electrons. The van der Waals surface area contributed by atoms with Crippen molar-refractivity contribution in [2.24, 2.45) is 11.8 Å². The first-order valence-electron chi connectivity index (χ1n) is 12.1. The Morgan fingerprint density at radius 3 is 1.70 bits per heavy atom. The Hall–Kier alpha value is -0.0800. The molecule has 0 amide bonds. The third kappa shape index (κ3) is 12.9. The van der Waals surface area contributed by atoms with E-state index in [1.54, 1.807) is 0 Å². The lowest BCUT2D eigenvalue weighted by atomic mass is 9.79. The molecule has 1 unspecified atom stereocenters. The van der Waals surface area contributed by atoms with Gasteiger partial charge in [0.25, 0.3) is 0 Å². The molecule has 164 valence electrons. The van der Waals surface area contributed by atoms with Gasteiger partial charge in [0.05, 0.1) is 12.2 Å². The van der Waals surface area contributed by atoms with E-state index in [1.165, 1.54) is 70.6 Å². The molecule has 0 heterocycles. The van der Waals surface area contributed by atoms with Gasteiger partial charge in [-0.05, 0) is 52.4 Å². The summed E-state index contributed by atoms with van der Waals surface area (Å²) in [5.74, 6) is 1.31. The van der Waals surface area contributed by atoms with Gasteiger partial charge in [0.15, 0.2) is 0 Å². The first kappa shape index (κ1) is 26.9.